The fourth-order valence-electron chi connectivity index (χ4n) is 1.83. The van der Waals surface area contributed by atoms with Crippen molar-refractivity contribution < 1.29 is 0 Å². The van der Waals surface area contributed by atoms with Gasteiger partial charge in [-0.25, -0.2) is 0 Å². The number of benzene rings is 1. The van der Waals surface area contributed by atoms with E-state index in [0.29, 0.717) is 11.4 Å². The Labute approximate surface area is 139 Å². The molecule has 1 aromatic carbocycles. The molecule has 100 valence electrons. The summed E-state index contributed by atoms with van der Waals surface area (Å²) < 4.78 is 2.19. The number of hydrogen-bond acceptors (Lipinski definition) is 3. The third-order valence-electron chi connectivity index (χ3n) is 2.82. The molecule has 0 saturated heterocycles. The molecule has 1 unspecified atom stereocenters. The standard InChI is InChI=1S/C13H12BrClIN3/c14-9-1-2-12(16)10(6-9)13(19-17)5-8-3-4-18-7-11(8)15/h1-4,6-7,13,19H,5,17H2. The normalized spacial score (nSPS) is 12.4. The predicted octanol–water partition coefficient (Wildman–Crippen LogP) is 3.85. The zero-order valence-corrected chi connectivity index (χ0v) is 14.4. The van der Waals surface area contributed by atoms with Crippen molar-refractivity contribution in [1.29, 1.82) is 0 Å². The van der Waals surface area contributed by atoms with Gasteiger partial charge in [0.1, 0.15) is 0 Å². The molecule has 19 heavy (non-hydrogen) atoms. The van der Waals surface area contributed by atoms with Crippen LogP contribution in [0.1, 0.15) is 17.2 Å². The molecule has 0 fully saturated rings. The number of nitrogens with one attached hydrogen (secondary N) is 1. The highest BCUT2D eigenvalue weighted by Gasteiger charge is 2.15. The summed E-state index contributed by atoms with van der Waals surface area (Å²) >= 11 is 11.9. The molecule has 0 amide bonds. The maximum absolute atomic E-state index is 6.14. The number of rotatable bonds is 4. The van der Waals surface area contributed by atoms with Gasteiger partial charge < -0.3 is 0 Å². The van der Waals surface area contributed by atoms with E-state index in [-0.39, 0.29) is 6.04 Å². The van der Waals surface area contributed by atoms with Gasteiger partial charge in [0.25, 0.3) is 0 Å². The molecule has 0 spiro atoms. The minimum atomic E-state index is 0.00398. The Morgan fingerprint density at radius 2 is 2.21 bits per heavy atom. The Balaban J connectivity index is 2.30. The van der Waals surface area contributed by atoms with Crippen LogP contribution in [0.2, 0.25) is 5.02 Å². The molecule has 1 atom stereocenters. The highest BCUT2D eigenvalue weighted by Crippen LogP contribution is 2.27. The van der Waals surface area contributed by atoms with Crippen LogP contribution < -0.4 is 11.3 Å². The fourth-order valence-corrected chi connectivity index (χ4v) is 3.12. The third-order valence-corrected chi connectivity index (χ3v) is 4.63. The van der Waals surface area contributed by atoms with Crippen molar-refractivity contribution in [2.75, 3.05) is 0 Å². The molecule has 0 radical (unpaired) electrons. The van der Waals surface area contributed by atoms with Crippen molar-refractivity contribution in [3.05, 3.63) is 60.9 Å². The van der Waals surface area contributed by atoms with E-state index < -0.39 is 0 Å². The van der Waals surface area contributed by atoms with Gasteiger partial charge in [-0.05, 0) is 64.4 Å². The van der Waals surface area contributed by atoms with Gasteiger partial charge in [-0.15, -0.1) is 0 Å². The lowest BCUT2D eigenvalue weighted by atomic mass is 10.0. The van der Waals surface area contributed by atoms with Crippen LogP contribution in [0.25, 0.3) is 0 Å². The molecule has 0 saturated carbocycles. The molecule has 2 aromatic rings. The van der Waals surface area contributed by atoms with E-state index in [1.54, 1.807) is 12.4 Å². The quantitative estimate of drug-likeness (QED) is 0.421. The number of nitrogens with zero attached hydrogens (tertiary/aromatic N) is 1. The van der Waals surface area contributed by atoms with Crippen molar-refractivity contribution in [2.24, 2.45) is 5.84 Å². The second-order valence-corrected chi connectivity index (χ2v) is 6.54. The monoisotopic (exact) mass is 451 g/mol. The molecule has 0 aliphatic carbocycles. The number of halogens is 3. The molecule has 3 N–H and O–H groups in total. The van der Waals surface area contributed by atoms with Crippen LogP contribution >= 0.6 is 50.1 Å². The Morgan fingerprint density at radius 1 is 1.42 bits per heavy atom. The van der Waals surface area contributed by atoms with E-state index in [4.69, 9.17) is 17.4 Å². The first kappa shape index (κ1) is 15.2. The van der Waals surface area contributed by atoms with Crippen LogP contribution in [-0.4, -0.2) is 4.98 Å². The van der Waals surface area contributed by atoms with Crippen LogP contribution in [0.4, 0.5) is 0 Å². The SMILES string of the molecule is NNC(Cc1ccncc1Cl)c1cc(Br)ccc1I. The summed E-state index contributed by atoms with van der Waals surface area (Å²) in [6, 6.07) is 8.06. The number of hydrogen-bond donors (Lipinski definition) is 2. The van der Waals surface area contributed by atoms with Crippen LogP contribution in [0.3, 0.4) is 0 Å². The Morgan fingerprint density at radius 3 is 2.89 bits per heavy atom. The molecule has 0 aliphatic heterocycles. The lowest BCUT2D eigenvalue weighted by Gasteiger charge is -2.19. The lowest BCUT2D eigenvalue weighted by molar-refractivity contribution is 0.549. The van der Waals surface area contributed by atoms with Gasteiger partial charge in [0.05, 0.1) is 11.1 Å². The summed E-state index contributed by atoms with van der Waals surface area (Å²) in [5.74, 6) is 5.69. The molecule has 1 heterocycles. The highest BCUT2D eigenvalue weighted by atomic mass is 127. The van der Waals surface area contributed by atoms with Gasteiger partial charge >= 0.3 is 0 Å². The van der Waals surface area contributed by atoms with Gasteiger partial charge in [0.2, 0.25) is 0 Å². The first-order valence-corrected chi connectivity index (χ1v) is 7.86. The molecular weight excluding hydrogens is 440 g/mol. The van der Waals surface area contributed by atoms with Crippen molar-refractivity contribution in [3.63, 3.8) is 0 Å². The smallest absolute Gasteiger partial charge is 0.0622 e. The van der Waals surface area contributed by atoms with E-state index in [1.807, 2.05) is 12.1 Å². The molecule has 1 aromatic heterocycles. The number of nitrogens with two attached hydrogens (primary N) is 1. The van der Waals surface area contributed by atoms with Gasteiger partial charge in [-0.2, -0.15) is 0 Å². The first-order chi connectivity index (χ1) is 9.11. The number of hydrazine groups is 1. The van der Waals surface area contributed by atoms with Gasteiger partial charge in [-0.3, -0.25) is 16.3 Å². The van der Waals surface area contributed by atoms with E-state index in [0.717, 1.165) is 19.2 Å². The molecule has 2 rings (SSSR count). The summed E-state index contributed by atoms with van der Waals surface area (Å²) in [5.41, 5.74) is 5.02. The fraction of sp³-hybridized carbons (Fsp3) is 0.154. The highest BCUT2D eigenvalue weighted by molar-refractivity contribution is 14.1. The average molecular weight is 453 g/mol. The molecule has 6 heteroatoms. The van der Waals surface area contributed by atoms with E-state index in [1.165, 1.54) is 0 Å². The minimum Gasteiger partial charge on any atom is -0.271 e. The maximum Gasteiger partial charge on any atom is 0.0622 e. The van der Waals surface area contributed by atoms with Crippen molar-refractivity contribution in [2.45, 2.75) is 12.5 Å². The molecular formula is C13H12BrClIN3. The van der Waals surface area contributed by atoms with Crippen LogP contribution in [0.15, 0.2) is 41.1 Å². The topological polar surface area (TPSA) is 50.9 Å². The summed E-state index contributed by atoms with van der Waals surface area (Å²) in [6.07, 6.45) is 4.10. The Kier molecular flexibility index (Phi) is 5.58. The van der Waals surface area contributed by atoms with Crippen molar-refractivity contribution >= 4 is 50.1 Å². The predicted molar refractivity (Wildman–Crippen MR) is 89.9 cm³/mol. The summed E-state index contributed by atoms with van der Waals surface area (Å²) in [4.78, 5) is 3.99. The van der Waals surface area contributed by atoms with E-state index in [9.17, 15) is 0 Å². The number of pyridine rings is 1. The van der Waals surface area contributed by atoms with E-state index >= 15 is 0 Å². The summed E-state index contributed by atoms with van der Waals surface area (Å²) in [6.45, 7) is 0. The van der Waals surface area contributed by atoms with Gasteiger partial charge in [0, 0.05) is 20.4 Å². The second-order valence-electron chi connectivity index (χ2n) is 4.06. The molecule has 0 aliphatic rings. The van der Waals surface area contributed by atoms with Crippen LogP contribution in [-0.2, 0) is 6.42 Å². The summed E-state index contributed by atoms with van der Waals surface area (Å²) in [5, 5.41) is 0.660. The number of aromatic nitrogens is 1. The van der Waals surface area contributed by atoms with Crippen LogP contribution in [0.5, 0.6) is 0 Å². The second kappa shape index (κ2) is 6.99. The Bertz CT molecular complexity index is 580. The van der Waals surface area contributed by atoms with Gasteiger partial charge in [0.15, 0.2) is 0 Å². The van der Waals surface area contributed by atoms with E-state index in [2.05, 4.69) is 61.1 Å². The minimum absolute atomic E-state index is 0.00398. The van der Waals surface area contributed by atoms with Gasteiger partial charge in [-0.1, -0.05) is 27.5 Å². The average Bonchev–Trinajstić information content (AvgIpc) is 2.41. The zero-order chi connectivity index (χ0) is 13.8. The lowest BCUT2D eigenvalue weighted by Crippen LogP contribution is -2.30. The first-order valence-electron chi connectivity index (χ1n) is 5.61. The molecule has 3 nitrogen and oxygen atoms in total. The third kappa shape index (κ3) is 3.88. The maximum atomic E-state index is 6.14. The largest absolute Gasteiger partial charge is 0.271 e. The van der Waals surface area contributed by atoms with Crippen molar-refractivity contribution in [1.82, 2.24) is 10.4 Å². The van der Waals surface area contributed by atoms with Crippen molar-refractivity contribution in [3.8, 4) is 0 Å². The zero-order valence-electron chi connectivity index (χ0n) is 9.91. The summed E-state index contributed by atoms with van der Waals surface area (Å²) in [7, 11) is 0. The molecule has 0 bridgehead atoms. The van der Waals surface area contributed by atoms with Crippen LogP contribution in [0, 0.1) is 3.57 Å². The Hall–Kier alpha value is -0.210.